The lowest BCUT2D eigenvalue weighted by atomic mass is 10.1. The van der Waals surface area contributed by atoms with Crippen LogP contribution >= 0.6 is 23.1 Å². The molecule has 2 heterocycles. The zero-order valence-electron chi connectivity index (χ0n) is 11.9. The van der Waals surface area contributed by atoms with Gasteiger partial charge in [-0.05, 0) is 5.56 Å². The highest BCUT2D eigenvalue weighted by Crippen LogP contribution is 2.26. The van der Waals surface area contributed by atoms with Crippen LogP contribution in [0.3, 0.4) is 0 Å². The van der Waals surface area contributed by atoms with Crippen molar-refractivity contribution in [1.82, 2.24) is 20.4 Å². The number of rotatable bonds is 3. The minimum atomic E-state index is -0.321. The predicted molar refractivity (Wildman–Crippen MR) is 90.0 cm³/mol. The van der Waals surface area contributed by atoms with Crippen molar-refractivity contribution in [1.29, 1.82) is 0 Å². The maximum atomic E-state index is 12.5. The van der Waals surface area contributed by atoms with Crippen molar-refractivity contribution in [2.75, 3.05) is 30.3 Å². The highest BCUT2D eigenvalue weighted by Gasteiger charge is 2.24. The number of aromatic nitrogens is 2. The van der Waals surface area contributed by atoms with Crippen molar-refractivity contribution in [2.24, 2.45) is 0 Å². The fourth-order valence-electron chi connectivity index (χ4n) is 2.28. The Hall–Kier alpha value is -1.80. The van der Waals surface area contributed by atoms with Crippen molar-refractivity contribution in [3.8, 4) is 0 Å². The number of hydrogen-bond acceptors (Lipinski definition) is 6. The number of nitrogen functional groups attached to an aromatic ring is 1. The van der Waals surface area contributed by atoms with Crippen LogP contribution in [-0.2, 0) is 0 Å². The number of nitrogens with two attached hydrogens (primary N) is 1. The van der Waals surface area contributed by atoms with E-state index >= 15 is 0 Å². The van der Waals surface area contributed by atoms with Gasteiger partial charge in [0.15, 0.2) is 0 Å². The van der Waals surface area contributed by atoms with Crippen LogP contribution in [0, 0.1) is 0 Å². The second kappa shape index (κ2) is 6.97. The Labute approximate surface area is 137 Å². The van der Waals surface area contributed by atoms with E-state index in [2.05, 4.69) is 15.5 Å². The van der Waals surface area contributed by atoms with Crippen molar-refractivity contribution in [3.63, 3.8) is 0 Å². The summed E-state index contributed by atoms with van der Waals surface area (Å²) in [6, 6.07) is 9.37. The molecule has 6 nitrogen and oxygen atoms in total. The van der Waals surface area contributed by atoms with E-state index in [-0.39, 0.29) is 12.1 Å². The molecule has 1 aliphatic heterocycles. The van der Waals surface area contributed by atoms with Gasteiger partial charge in [-0.3, -0.25) is 0 Å². The first kappa shape index (κ1) is 15.1. The molecule has 0 saturated carbocycles. The van der Waals surface area contributed by atoms with E-state index in [1.807, 2.05) is 47.0 Å². The monoisotopic (exact) mass is 335 g/mol. The summed E-state index contributed by atoms with van der Waals surface area (Å²) in [6.45, 7) is 1.55. The fraction of sp³-hybridized carbons (Fsp3) is 0.357. The Morgan fingerprint density at radius 1 is 1.23 bits per heavy atom. The van der Waals surface area contributed by atoms with Gasteiger partial charge in [-0.25, -0.2) is 4.79 Å². The van der Waals surface area contributed by atoms with E-state index in [4.69, 9.17) is 5.73 Å². The molecule has 1 unspecified atom stereocenters. The average Bonchev–Trinajstić information content (AvgIpc) is 3.00. The standard InChI is InChI=1S/C14H17N5OS2/c15-13-18-17-12(22-13)11(10-4-2-1-3-5-10)16-14(20)19-6-8-21-9-7-19/h1-5,11H,6-9H2,(H2,15,18)(H,16,20). The summed E-state index contributed by atoms with van der Waals surface area (Å²) in [5.41, 5.74) is 6.66. The van der Waals surface area contributed by atoms with Crippen LogP contribution in [0.5, 0.6) is 0 Å². The third-order valence-corrected chi connectivity index (χ3v) is 5.16. The highest BCUT2D eigenvalue weighted by molar-refractivity contribution is 7.99. The number of carbonyl (C=O) groups excluding carboxylic acids is 1. The van der Waals surface area contributed by atoms with Crippen LogP contribution in [0.2, 0.25) is 0 Å². The minimum absolute atomic E-state index is 0.0667. The van der Waals surface area contributed by atoms with Crippen LogP contribution in [0.25, 0.3) is 0 Å². The van der Waals surface area contributed by atoms with Gasteiger partial charge in [0.05, 0.1) is 0 Å². The summed E-state index contributed by atoms with van der Waals surface area (Å²) in [6.07, 6.45) is 0. The van der Waals surface area contributed by atoms with Gasteiger partial charge >= 0.3 is 6.03 Å². The van der Waals surface area contributed by atoms with Crippen LogP contribution in [-0.4, -0.2) is 45.7 Å². The Morgan fingerprint density at radius 2 is 1.95 bits per heavy atom. The van der Waals surface area contributed by atoms with Gasteiger partial charge < -0.3 is 16.0 Å². The van der Waals surface area contributed by atoms with Crippen molar-refractivity contribution < 1.29 is 4.79 Å². The topological polar surface area (TPSA) is 84.1 Å². The SMILES string of the molecule is Nc1nnc(C(NC(=O)N2CCSCC2)c2ccccc2)s1. The van der Waals surface area contributed by atoms with Crippen LogP contribution in [0.15, 0.2) is 30.3 Å². The fourth-order valence-corrected chi connectivity index (χ4v) is 3.87. The van der Waals surface area contributed by atoms with Crippen molar-refractivity contribution >= 4 is 34.3 Å². The summed E-state index contributed by atoms with van der Waals surface area (Å²) >= 11 is 3.17. The number of anilines is 1. The highest BCUT2D eigenvalue weighted by atomic mass is 32.2. The quantitative estimate of drug-likeness (QED) is 0.896. The Kier molecular flexibility index (Phi) is 4.79. The molecule has 0 radical (unpaired) electrons. The third-order valence-electron chi connectivity index (χ3n) is 3.40. The summed E-state index contributed by atoms with van der Waals surface area (Å²) in [4.78, 5) is 14.3. The molecule has 1 atom stereocenters. The largest absolute Gasteiger partial charge is 0.374 e. The zero-order chi connectivity index (χ0) is 15.4. The van der Waals surface area contributed by atoms with E-state index in [1.165, 1.54) is 11.3 Å². The van der Waals surface area contributed by atoms with Crippen LogP contribution in [0.4, 0.5) is 9.93 Å². The van der Waals surface area contributed by atoms with Gasteiger partial charge in [-0.15, -0.1) is 10.2 Å². The van der Waals surface area contributed by atoms with Crippen LogP contribution < -0.4 is 11.1 Å². The number of carbonyl (C=O) groups is 1. The molecule has 1 fully saturated rings. The van der Waals surface area contributed by atoms with Gasteiger partial charge in [-0.2, -0.15) is 11.8 Å². The van der Waals surface area contributed by atoms with Crippen LogP contribution in [0.1, 0.15) is 16.6 Å². The van der Waals surface area contributed by atoms with Gasteiger partial charge in [-0.1, -0.05) is 41.7 Å². The Balaban J connectivity index is 1.81. The molecular weight excluding hydrogens is 318 g/mol. The Bertz CT molecular complexity index is 627. The molecule has 1 aliphatic rings. The molecule has 8 heteroatoms. The molecule has 0 spiro atoms. The molecule has 2 aromatic rings. The normalized spacial score (nSPS) is 16.3. The van der Waals surface area contributed by atoms with E-state index in [0.29, 0.717) is 10.1 Å². The van der Waals surface area contributed by atoms with Gasteiger partial charge in [0, 0.05) is 24.6 Å². The zero-order valence-corrected chi connectivity index (χ0v) is 13.6. The van der Waals surface area contributed by atoms with E-state index in [1.54, 1.807) is 0 Å². The first-order valence-electron chi connectivity index (χ1n) is 7.01. The molecule has 22 heavy (non-hydrogen) atoms. The molecule has 116 valence electrons. The molecule has 1 saturated heterocycles. The lowest BCUT2D eigenvalue weighted by Crippen LogP contribution is -2.45. The van der Waals surface area contributed by atoms with E-state index in [0.717, 1.165) is 30.2 Å². The second-order valence-corrected chi connectivity index (χ2v) is 7.14. The molecule has 1 aromatic heterocycles. The number of urea groups is 1. The average molecular weight is 335 g/mol. The van der Waals surface area contributed by atoms with Gasteiger partial charge in [0.2, 0.25) is 5.13 Å². The molecule has 0 bridgehead atoms. The number of hydrogen-bond donors (Lipinski definition) is 2. The predicted octanol–water partition coefficient (Wildman–Crippen LogP) is 1.97. The summed E-state index contributed by atoms with van der Waals surface area (Å²) < 4.78 is 0. The maximum absolute atomic E-state index is 12.5. The van der Waals surface area contributed by atoms with Gasteiger partial charge in [0.1, 0.15) is 11.0 Å². The number of nitrogens with zero attached hydrogens (tertiary/aromatic N) is 3. The molecular formula is C14H17N5OS2. The third kappa shape index (κ3) is 3.50. The van der Waals surface area contributed by atoms with Crippen molar-refractivity contribution in [3.05, 3.63) is 40.9 Å². The Morgan fingerprint density at radius 3 is 2.59 bits per heavy atom. The summed E-state index contributed by atoms with van der Waals surface area (Å²) in [7, 11) is 0. The van der Waals surface area contributed by atoms with E-state index < -0.39 is 0 Å². The first-order valence-corrected chi connectivity index (χ1v) is 8.98. The molecule has 0 aliphatic carbocycles. The number of nitrogens with one attached hydrogen (secondary N) is 1. The lowest BCUT2D eigenvalue weighted by Gasteiger charge is -2.28. The number of benzene rings is 1. The number of amides is 2. The maximum Gasteiger partial charge on any atom is 0.318 e. The lowest BCUT2D eigenvalue weighted by molar-refractivity contribution is 0.200. The smallest absolute Gasteiger partial charge is 0.318 e. The summed E-state index contributed by atoms with van der Waals surface area (Å²) in [5, 5.41) is 12.1. The summed E-state index contributed by atoms with van der Waals surface area (Å²) in [5.74, 6) is 1.96. The molecule has 3 rings (SSSR count). The first-order chi connectivity index (χ1) is 10.7. The second-order valence-electron chi connectivity index (χ2n) is 4.87. The van der Waals surface area contributed by atoms with Gasteiger partial charge in [0.25, 0.3) is 0 Å². The molecule has 2 amide bonds. The molecule has 3 N–H and O–H groups in total. The molecule has 1 aromatic carbocycles. The van der Waals surface area contributed by atoms with Crippen molar-refractivity contribution in [2.45, 2.75) is 6.04 Å². The minimum Gasteiger partial charge on any atom is -0.374 e. The number of thioether (sulfide) groups is 1. The van der Waals surface area contributed by atoms with E-state index in [9.17, 15) is 4.79 Å².